The number of carbonyl (C=O) groups excluding carboxylic acids is 1. The number of thioether (sulfide) groups is 2. The Morgan fingerprint density at radius 3 is 2.07 bits per heavy atom. The fraction of sp³-hybridized carbons (Fsp3) is 0.0833. The number of ketones is 1. The highest BCUT2D eigenvalue weighted by molar-refractivity contribution is 9.10. The van der Waals surface area contributed by atoms with E-state index in [1.54, 1.807) is 23.9 Å². The van der Waals surface area contributed by atoms with Crippen molar-refractivity contribution in [1.29, 1.82) is 0 Å². The van der Waals surface area contributed by atoms with Crippen LogP contribution in [0.3, 0.4) is 0 Å². The normalized spacial score (nSPS) is 11.3. The predicted molar refractivity (Wildman–Crippen MR) is 129 cm³/mol. The maximum atomic E-state index is 13.2. The third kappa shape index (κ3) is 6.11. The van der Waals surface area contributed by atoms with Gasteiger partial charge in [-0.3, -0.25) is 4.79 Å². The van der Waals surface area contributed by atoms with Crippen molar-refractivity contribution in [3.8, 4) is 0 Å². The molecular weight excluding hydrogens is 480 g/mol. The Labute approximate surface area is 192 Å². The Bertz CT molecular complexity index is 1060. The molecule has 0 bridgehead atoms. The second-order valence-electron chi connectivity index (χ2n) is 6.41. The molecule has 3 rings (SSSR count). The van der Waals surface area contributed by atoms with E-state index in [-0.39, 0.29) is 11.3 Å². The zero-order valence-corrected chi connectivity index (χ0v) is 19.4. The lowest BCUT2D eigenvalue weighted by molar-refractivity contribution is 0.0696. The summed E-state index contributed by atoms with van der Waals surface area (Å²) in [4.78, 5) is 26.0. The maximum absolute atomic E-state index is 13.2. The van der Waals surface area contributed by atoms with E-state index >= 15 is 0 Å². The highest BCUT2D eigenvalue weighted by Crippen LogP contribution is 2.28. The molecule has 0 aromatic heterocycles. The lowest BCUT2D eigenvalue weighted by Crippen LogP contribution is -2.03. The summed E-state index contributed by atoms with van der Waals surface area (Å²) in [5.74, 6) is -0.479. The fourth-order valence-corrected chi connectivity index (χ4v) is 4.33. The summed E-state index contributed by atoms with van der Waals surface area (Å²) in [6.07, 6.45) is 3.91. The van der Waals surface area contributed by atoms with Gasteiger partial charge in [0, 0.05) is 20.7 Å². The van der Waals surface area contributed by atoms with Crippen LogP contribution in [0.25, 0.3) is 6.08 Å². The highest BCUT2D eigenvalue weighted by Gasteiger charge is 2.15. The lowest BCUT2D eigenvalue weighted by Gasteiger charge is -2.09. The number of hydrogen-bond donors (Lipinski definition) is 1. The van der Waals surface area contributed by atoms with Crippen molar-refractivity contribution in [3.63, 3.8) is 0 Å². The van der Waals surface area contributed by atoms with E-state index in [0.29, 0.717) is 16.2 Å². The molecule has 0 atom stereocenters. The Morgan fingerprint density at radius 1 is 0.900 bits per heavy atom. The van der Waals surface area contributed by atoms with Crippen molar-refractivity contribution in [3.05, 3.63) is 104 Å². The molecule has 152 valence electrons. The highest BCUT2D eigenvalue weighted by atomic mass is 79.9. The van der Waals surface area contributed by atoms with Gasteiger partial charge >= 0.3 is 5.97 Å². The topological polar surface area (TPSA) is 54.4 Å². The van der Waals surface area contributed by atoms with Gasteiger partial charge < -0.3 is 5.11 Å². The molecule has 0 aliphatic heterocycles. The number of aromatic carboxylic acids is 1. The van der Waals surface area contributed by atoms with Crippen molar-refractivity contribution >= 4 is 57.3 Å². The Morgan fingerprint density at radius 2 is 1.50 bits per heavy atom. The van der Waals surface area contributed by atoms with Crippen molar-refractivity contribution in [1.82, 2.24) is 0 Å². The molecule has 0 radical (unpaired) electrons. The largest absolute Gasteiger partial charge is 0.478 e. The van der Waals surface area contributed by atoms with Crippen LogP contribution in [0, 0.1) is 0 Å². The second-order valence-corrected chi connectivity index (χ2v) is 9.22. The van der Waals surface area contributed by atoms with E-state index in [4.69, 9.17) is 5.11 Å². The minimum atomic E-state index is -1.01. The molecule has 0 spiro atoms. The van der Waals surface area contributed by atoms with Crippen LogP contribution in [0.5, 0.6) is 0 Å². The average molecular weight is 499 g/mol. The number of carbonyl (C=O) groups is 2. The summed E-state index contributed by atoms with van der Waals surface area (Å²) >= 11 is 6.58. The van der Waals surface area contributed by atoms with Crippen molar-refractivity contribution < 1.29 is 14.7 Å². The van der Waals surface area contributed by atoms with Crippen LogP contribution in [-0.2, 0) is 5.75 Å². The molecule has 0 unspecified atom stereocenters. The molecule has 0 aliphatic carbocycles. The van der Waals surface area contributed by atoms with E-state index < -0.39 is 5.97 Å². The Kier molecular flexibility index (Phi) is 7.96. The van der Waals surface area contributed by atoms with Gasteiger partial charge in [-0.25, -0.2) is 4.79 Å². The molecule has 0 saturated heterocycles. The van der Waals surface area contributed by atoms with Crippen molar-refractivity contribution in [2.75, 3.05) is 6.26 Å². The zero-order valence-electron chi connectivity index (χ0n) is 16.2. The Balaban J connectivity index is 1.88. The van der Waals surface area contributed by atoms with Crippen LogP contribution in [0.4, 0.5) is 0 Å². The lowest BCUT2D eigenvalue weighted by atomic mass is 10.1. The van der Waals surface area contributed by atoms with Crippen molar-refractivity contribution in [2.45, 2.75) is 10.6 Å². The van der Waals surface area contributed by atoms with Crippen molar-refractivity contribution in [2.24, 2.45) is 0 Å². The van der Waals surface area contributed by atoms with Gasteiger partial charge in [0.1, 0.15) is 0 Å². The minimum Gasteiger partial charge on any atom is -0.478 e. The molecule has 0 heterocycles. The number of hydrogen-bond acceptors (Lipinski definition) is 4. The summed E-state index contributed by atoms with van der Waals surface area (Å²) in [5.41, 5.74) is 2.69. The zero-order chi connectivity index (χ0) is 21.5. The van der Waals surface area contributed by atoms with Gasteiger partial charge in [0.25, 0.3) is 0 Å². The molecule has 6 heteroatoms. The third-order valence-electron chi connectivity index (χ3n) is 4.34. The maximum Gasteiger partial charge on any atom is 0.335 e. The molecule has 0 amide bonds. The third-order valence-corrected chi connectivity index (χ3v) is 6.70. The summed E-state index contributed by atoms with van der Waals surface area (Å²) in [6, 6.07) is 22.1. The number of allylic oxidation sites excluding steroid dienone is 1. The van der Waals surface area contributed by atoms with Crippen LogP contribution in [0.2, 0.25) is 0 Å². The van der Waals surface area contributed by atoms with E-state index in [1.807, 2.05) is 60.9 Å². The monoisotopic (exact) mass is 498 g/mol. The van der Waals surface area contributed by atoms with Gasteiger partial charge in [-0.1, -0.05) is 52.3 Å². The summed E-state index contributed by atoms with van der Waals surface area (Å²) < 4.78 is 1.01. The molecule has 0 saturated carbocycles. The molecule has 0 fully saturated rings. The van der Waals surface area contributed by atoms with Gasteiger partial charge in [0.2, 0.25) is 0 Å². The van der Waals surface area contributed by atoms with E-state index in [1.165, 1.54) is 23.9 Å². The first-order chi connectivity index (χ1) is 14.5. The van der Waals surface area contributed by atoms with Gasteiger partial charge in [-0.15, -0.1) is 23.5 Å². The van der Waals surface area contributed by atoms with Crippen LogP contribution < -0.4 is 0 Å². The number of carboxylic acids is 1. The smallest absolute Gasteiger partial charge is 0.335 e. The van der Waals surface area contributed by atoms with E-state index in [0.717, 1.165) is 20.5 Å². The van der Waals surface area contributed by atoms with Gasteiger partial charge in [0.15, 0.2) is 5.78 Å². The van der Waals surface area contributed by atoms with Crippen LogP contribution in [0.15, 0.2) is 87.1 Å². The summed E-state index contributed by atoms with van der Waals surface area (Å²) in [6.45, 7) is 0. The summed E-state index contributed by atoms with van der Waals surface area (Å²) in [7, 11) is 0. The van der Waals surface area contributed by atoms with Gasteiger partial charge in [0.05, 0.1) is 10.5 Å². The first-order valence-electron chi connectivity index (χ1n) is 9.07. The quantitative estimate of drug-likeness (QED) is 0.205. The molecule has 3 nitrogen and oxygen atoms in total. The molecular formula is C24H19BrO3S2. The molecule has 0 aliphatic rings. The first kappa shape index (κ1) is 22.4. The number of Topliss-reactive ketones (excluding diaryl/α,β-unsaturated/α-hetero) is 1. The van der Waals surface area contributed by atoms with Crippen LogP contribution in [-0.4, -0.2) is 23.1 Å². The van der Waals surface area contributed by atoms with Crippen LogP contribution in [0.1, 0.15) is 31.8 Å². The van der Waals surface area contributed by atoms with E-state index in [9.17, 15) is 9.59 Å². The molecule has 3 aromatic rings. The minimum absolute atomic E-state index is 0.122. The first-order valence-corrected chi connectivity index (χ1v) is 12.1. The number of carboxylic acid groups (broad SMARTS) is 1. The number of benzene rings is 3. The molecule has 30 heavy (non-hydrogen) atoms. The predicted octanol–water partition coefficient (Wildman–Crippen LogP) is 7.03. The summed E-state index contributed by atoms with van der Waals surface area (Å²) in [5, 5.41) is 9.09. The van der Waals surface area contributed by atoms with Crippen LogP contribution >= 0.6 is 39.5 Å². The SMILES string of the molecule is CSc1ccc(/C=C(/SCc2ccc(Br)cc2)C(=O)c2ccc(C(=O)O)cc2)cc1. The second kappa shape index (κ2) is 10.7. The average Bonchev–Trinajstić information content (AvgIpc) is 2.77. The number of halogens is 1. The van der Waals surface area contributed by atoms with E-state index in [2.05, 4.69) is 15.9 Å². The number of rotatable bonds is 8. The molecule has 3 aromatic carbocycles. The Hall–Kier alpha value is -2.28. The molecule has 1 N–H and O–H groups in total. The van der Waals surface area contributed by atoms with Gasteiger partial charge in [-0.05, 0) is 59.9 Å². The fourth-order valence-electron chi connectivity index (χ4n) is 2.67. The van der Waals surface area contributed by atoms with Gasteiger partial charge in [-0.2, -0.15) is 0 Å². The standard InChI is InChI=1S/C24H19BrO3S2/c1-29-21-12-4-16(5-13-21)14-22(30-15-17-2-10-20(25)11-3-17)23(26)18-6-8-19(9-7-18)24(27)28/h2-14H,15H2,1H3,(H,27,28)/b22-14+.